The van der Waals surface area contributed by atoms with Gasteiger partial charge in [0.05, 0.1) is 13.2 Å². The van der Waals surface area contributed by atoms with Gasteiger partial charge in [0, 0.05) is 12.0 Å². The van der Waals surface area contributed by atoms with E-state index in [-0.39, 0.29) is 17.9 Å². The summed E-state index contributed by atoms with van der Waals surface area (Å²) >= 11 is 0. The van der Waals surface area contributed by atoms with Crippen molar-refractivity contribution in [2.24, 2.45) is 0 Å². The van der Waals surface area contributed by atoms with Crippen molar-refractivity contribution in [1.82, 2.24) is 10.6 Å². The van der Waals surface area contributed by atoms with Crippen molar-refractivity contribution in [2.75, 3.05) is 7.11 Å². The summed E-state index contributed by atoms with van der Waals surface area (Å²) in [5, 5.41) is 5.60. The molecule has 2 atom stereocenters. The number of ether oxygens (including phenoxy) is 1. The fraction of sp³-hybridized carbons (Fsp3) is 0.467. The van der Waals surface area contributed by atoms with Crippen molar-refractivity contribution in [3.8, 4) is 5.75 Å². The second kappa shape index (κ2) is 5.94. The van der Waals surface area contributed by atoms with Gasteiger partial charge in [0.15, 0.2) is 0 Å². The lowest BCUT2D eigenvalue weighted by atomic mass is 10.0. The van der Waals surface area contributed by atoms with E-state index in [4.69, 9.17) is 4.74 Å². The molecule has 20 heavy (non-hydrogen) atoms. The summed E-state index contributed by atoms with van der Waals surface area (Å²) < 4.78 is 5.32. The van der Waals surface area contributed by atoms with Gasteiger partial charge in [0.25, 0.3) is 0 Å². The molecule has 0 aromatic heterocycles. The first-order valence-corrected chi connectivity index (χ1v) is 6.75. The SMILES string of the molecule is COc1ccc(C)cc1[C@H](C)NC(=O)[C@@H]1CCC(=O)N1. The molecule has 0 saturated carbocycles. The van der Waals surface area contributed by atoms with Crippen LogP contribution in [0, 0.1) is 6.92 Å². The highest BCUT2D eigenvalue weighted by molar-refractivity contribution is 5.90. The van der Waals surface area contributed by atoms with E-state index in [1.54, 1.807) is 7.11 Å². The molecule has 108 valence electrons. The van der Waals surface area contributed by atoms with Gasteiger partial charge in [-0.2, -0.15) is 0 Å². The first-order valence-electron chi connectivity index (χ1n) is 6.75. The highest BCUT2D eigenvalue weighted by atomic mass is 16.5. The third-order valence-electron chi connectivity index (χ3n) is 3.52. The van der Waals surface area contributed by atoms with Gasteiger partial charge in [0.2, 0.25) is 11.8 Å². The number of rotatable bonds is 4. The molecule has 1 aliphatic heterocycles. The molecule has 1 heterocycles. The Labute approximate surface area is 118 Å². The molecule has 2 amide bonds. The van der Waals surface area contributed by atoms with Crippen LogP contribution in [-0.2, 0) is 9.59 Å². The number of amides is 2. The molecule has 0 spiro atoms. The number of carbonyl (C=O) groups excluding carboxylic acids is 2. The molecule has 2 rings (SSSR count). The third kappa shape index (κ3) is 3.10. The zero-order valence-corrected chi connectivity index (χ0v) is 12.0. The van der Waals surface area contributed by atoms with Crippen LogP contribution in [0.4, 0.5) is 0 Å². The molecule has 0 unspecified atom stereocenters. The maximum atomic E-state index is 12.1. The van der Waals surface area contributed by atoms with Crippen LogP contribution in [-0.4, -0.2) is 25.0 Å². The summed E-state index contributed by atoms with van der Waals surface area (Å²) in [7, 11) is 1.61. The molecule has 2 N–H and O–H groups in total. The number of hydrogen-bond acceptors (Lipinski definition) is 3. The number of benzene rings is 1. The third-order valence-corrected chi connectivity index (χ3v) is 3.52. The zero-order valence-electron chi connectivity index (χ0n) is 12.0. The molecule has 1 fully saturated rings. The summed E-state index contributed by atoms with van der Waals surface area (Å²) in [5.74, 6) is 0.539. The van der Waals surface area contributed by atoms with E-state index in [1.807, 2.05) is 32.0 Å². The molecule has 5 heteroatoms. The summed E-state index contributed by atoms with van der Waals surface area (Å²) in [6.07, 6.45) is 0.975. The Bertz CT molecular complexity index is 528. The van der Waals surface area contributed by atoms with Crippen LogP contribution in [0.25, 0.3) is 0 Å². The van der Waals surface area contributed by atoms with Gasteiger partial charge >= 0.3 is 0 Å². The quantitative estimate of drug-likeness (QED) is 0.875. The zero-order chi connectivity index (χ0) is 14.7. The number of methoxy groups -OCH3 is 1. The van der Waals surface area contributed by atoms with Gasteiger partial charge in [-0.15, -0.1) is 0 Å². The average Bonchev–Trinajstić information content (AvgIpc) is 2.85. The van der Waals surface area contributed by atoms with Crippen LogP contribution < -0.4 is 15.4 Å². The van der Waals surface area contributed by atoms with Gasteiger partial charge < -0.3 is 15.4 Å². The number of nitrogens with one attached hydrogen (secondary N) is 2. The van der Waals surface area contributed by atoms with Crippen LogP contribution in [0.3, 0.4) is 0 Å². The maximum absolute atomic E-state index is 12.1. The predicted molar refractivity (Wildman–Crippen MR) is 75.5 cm³/mol. The van der Waals surface area contributed by atoms with E-state index in [9.17, 15) is 9.59 Å². The molecule has 0 bridgehead atoms. The highest BCUT2D eigenvalue weighted by Gasteiger charge is 2.28. The molecule has 5 nitrogen and oxygen atoms in total. The second-order valence-corrected chi connectivity index (χ2v) is 5.13. The Hall–Kier alpha value is -2.04. The normalized spacial score (nSPS) is 19.4. The Kier molecular flexibility index (Phi) is 4.27. The number of hydrogen-bond donors (Lipinski definition) is 2. The highest BCUT2D eigenvalue weighted by Crippen LogP contribution is 2.26. The second-order valence-electron chi connectivity index (χ2n) is 5.13. The van der Waals surface area contributed by atoms with Crippen molar-refractivity contribution < 1.29 is 14.3 Å². The van der Waals surface area contributed by atoms with Gasteiger partial charge in [-0.05, 0) is 26.3 Å². The Morgan fingerprint density at radius 1 is 1.50 bits per heavy atom. The summed E-state index contributed by atoms with van der Waals surface area (Å²) in [6.45, 7) is 3.90. The Morgan fingerprint density at radius 3 is 2.85 bits per heavy atom. The lowest BCUT2D eigenvalue weighted by molar-refractivity contribution is -0.126. The lowest BCUT2D eigenvalue weighted by Crippen LogP contribution is -2.42. The summed E-state index contributed by atoms with van der Waals surface area (Å²) in [4.78, 5) is 23.2. The van der Waals surface area contributed by atoms with Crippen LogP contribution in [0.2, 0.25) is 0 Å². The first kappa shape index (κ1) is 14.4. The molecule has 1 aromatic rings. The largest absolute Gasteiger partial charge is 0.496 e. The number of aryl methyl sites for hydroxylation is 1. The van der Waals surface area contributed by atoms with E-state index in [0.717, 1.165) is 16.9 Å². The molecule has 1 aliphatic rings. The van der Waals surface area contributed by atoms with Crippen LogP contribution in [0.15, 0.2) is 18.2 Å². The minimum Gasteiger partial charge on any atom is -0.496 e. The van der Waals surface area contributed by atoms with Gasteiger partial charge in [0.1, 0.15) is 11.8 Å². The first-order chi connectivity index (χ1) is 9.51. The Balaban J connectivity index is 2.08. The summed E-state index contributed by atoms with van der Waals surface area (Å²) in [6, 6.07) is 5.27. The Morgan fingerprint density at radius 2 is 2.25 bits per heavy atom. The van der Waals surface area contributed by atoms with Crippen molar-refractivity contribution in [3.63, 3.8) is 0 Å². The minimum absolute atomic E-state index is 0.0639. The van der Waals surface area contributed by atoms with Crippen molar-refractivity contribution in [3.05, 3.63) is 29.3 Å². The minimum atomic E-state index is -0.416. The summed E-state index contributed by atoms with van der Waals surface area (Å²) in [5.41, 5.74) is 2.04. The van der Waals surface area contributed by atoms with E-state index < -0.39 is 6.04 Å². The van der Waals surface area contributed by atoms with Gasteiger partial charge in [-0.3, -0.25) is 9.59 Å². The van der Waals surface area contributed by atoms with Crippen molar-refractivity contribution >= 4 is 11.8 Å². The fourth-order valence-electron chi connectivity index (χ4n) is 2.39. The predicted octanol–water partition coefficient (Wildman–Crippen LogP) is 1.46. The van der Waals surface area contributed by atoms with E-state index in [0.29, 0.717) is 12.8 Å². The maximum Gasteiger partial charge on any atom is 0.243 e. The molecule has 1 aromatic carbocycles. The standard InChI is InChI=1S/C15H20N2O3/c1-9-4-6-13(20-3)11(8-9)10(2)16-15(19)12-5-7-14(18)17-12/h4,6,8,10,12H,5,7H2,1-3H3,(H,16,19)(H,17,18)/t10-,12-/m0/s1. The molecule has 0 radical (unpaired) electrons. The molecular formula is C15H20N2O3. The van der Waals surface area contributed by atoms with Gasteiger partial charge in [-0.1, -0.05) is 17.7 Å². The topological polar surface area (TPSA) is 67.4 Å². The molecular weight excluding hydrogens is 256 g/mol. The van der Waals surface area contributed by atoms with Crippen LogP contribution >= 0.6 is 0 Å². The van der Waals surface area contributed by atoms with E-state index in [2.05, 4.69) is 10.6 Å². The number of carbonyl (C=O) groups is 2. The van der Waals surface area contributed by atoms with Crippen LogP contribution in [0.1, 0.15) is 36.9 Å². The smallest absolute Gasteiger partial charge is 0.243 e. The van der Waals surface area contributed by atoms with E-state index in [1.165, 1.54) is 0 Å². The average molecular weight is 276 g/mol. The van der Waals surface area contributed by atoms with E-state index >= 15 is 0 Å². The van der Waals surface area contributed by atoms with Crippen molar-refractivity contribution in [1.29, 1.82) is 0 Å². The van der Waals surface area contributed by atoms with Gasteiger partial charge in [-0.25, -0.2) is 0 Å². The molecule has 0 aliphatic carbocycles. The van der Waals surface area contributed by atoms with Crippen LogP contribution in [0.5, 0.6) is 5.75 Å². The fourth-order valence-corrected chi connectivity index (χ4v) is 2.39. The van der Waals surface area contributed by atoms with Crippen molar-refractivity contribution in [2.45, 2.75) is 38.8 Å². The lowest BCUT2D eigenvalue weighted by Gasteiger charge is -2.20. The monoisotopic (exact) mass is 276 g/mol. The molecule has 1 saturated heterocycles.